The van der Waals surface area contributed by atoms with Gasteiger partial charge in [-0.15, -0.1) is 0 Å². The fraction of sp³-hybridized carbons (Fsp3) is 0.500. The van der Waals surface area contributed by atoms with Gasteiger partial charge in [0, 0.05) is 25.2 Å². The van der Waals surface area contributed by atoms with Crippen molar-refractivity contribution < 1.29 is 4.92 Å². The molecule has 0 spiro atoms. The quantitative estimate of drug-likeness (QED) is 0.669. The fourth-order valence-corrected chi connectivity index (χ4v) is 2.70. The molecule has 0 saturated carbocycles. The van der Waals surface area contributed by atoms with Crippen LogP contribution >= 0.6 is 0 Å². The van der Waals surface area contributed by atoms with Gasteiger partial charge in [0.1, 0.15) is 6.07 Å². The van der Waals surface area contributed by atoms with Crippen LogP contribution in [0.3, 0.4) is 0 Å². The third-order valence-electron chi connectivity index (χ3n) is 3.84. The van der Waals surface area contributed by atoms with Crippen molar-refractivity contribution in [1.29, 1.82) is 5.26 Å². The number of nitrogens with two attached hydrogens (primary N) is 1. The number of nitriles is 1. The molecule has 1 aliphatic heterocycles. The number of nitro groups is 1. The van der Waals surface area contributed by atoms with E-state index < -0.39 is 4.92 Å². The lowest BCUT2D eigenvalue weighted by Crippen LogP contribution is -2.34. The highest BCUT2D eigenvalue weighted by molar-refractivity contribution is 5.63. The Bertz CT molecular complexity index is 530. The first kappa shape index (κ1) is 14.3. The van der Waals surface area contributed by atoms with E-state index >= 15 is 0 Å². The third kappa shape index (κ3) is 3.06. The number of nitro benzene ring substituents is 1. The van der Waals surface area contributed by atoms with E-state index in [9.17, 15) is 15.4 Å². The van der Waals surface area contributed by atoms with Crippen LogP contribution in [0.15, 0.2) is 18.2 Å². The van der Waals surface area contributed by atoms with E-state index in [1.807, 2.05) is 0 Å². The molecule has 0 aliphatic carbocycles. The van der Waals surface area contributed by atoms with Crippen LogP contribution in [0.25, 0.3) is 0 Å². The molecule has 0 aromatic heterocycles. The van der Waals surface area contributed by atoms with Crippen LogP contribution in [0.5, 0.6) is 0 Å². The van der Waals surface area contributed by atoms with E-state index in [0.29, 0.717) is 18.0 Å². The lowest BCUT2D eigenvalue weighted by Gasteiger charge is -2.33. The Hall–Kier alpha value is -2.13. The van der Waals surface area contributed by atoms with Gasteiger partial charge >= 0.3 is 0 Å². The maximum Gasteiger partial charge on any atom is 0.270 e. The van der Waals surface area contributed by atoms with Crippen LogP contribution in [0.4, 0.5) is 11.4 Å². The zero-order valence-electron chi connectivity index (χ0n) is 11.3. The molecule has 106 valence electrons. The lowest BCUT2D eigenvalue weighted by molar-refractivity contribution is -0.384. The number of piperidine rings is 1. The van der Waals surface area contributed by atoms with Gasteiger partial charge in [-0.05, 0) is 37.8 Å². The minimum absolute atomic E-state index is 0.0386. The van der Waals surface area contributed by atoms with Gasteiger partial charge < -0.3 is 10.6 Å². The summed E-state index contributed by atoms with van der Waals surface area (Å²) in [7, 11) is 0. The van der Waals surface area contributed by atoms with Crippen molar-refractivity contribution in [2.24, 2.45) is 11.7 Å². The van der Waals surface area contributed by atoms with E-state index in [0.717, 1.165) is 38.0 Å². The maximum atomic E-state index is 10.7. The van der Waals surface area contributed by atoms with Gasteiger partial charge in [0.05, 0.1) is 16.2 Å². The molecule has 20 heavy (non-hydrogen) atoms. The Kier molecular flexibility index (Phi) is 4.53. The van der Waals surface area contributed by atoms with Gasteiger partial charge in [-0.1, -0.05) is 0 Å². The van der Waals surface area contributed by atoms with E-state index in [1.165, 1.54) is 12.1 Å². The lowest BCUT2D eigenvalue weighted by atomic mass is 9.93. The molecule has 1 aromatic carbocycles. The van der Waals surface area contributed by atoms with Gasteiger partial charge in [-0.2, -0.15) is 5.26 Å². The Labute approximate surface area is 117 Å². The zero-order chi connectivity index (χ0) is 14.5. The molecule has 1 heterocycles. The number of hydrogen-bond acceptors (Lipinski definition) is 5. The summed E-state index contributed by atoms with van der Waals surface area (Å²) in [5.74, 6) is 0.653. The number of rotatable bonds is 4. The Morgan fingerprint density at radius 2 is 2.15 bits per heavy atom. The van der Waals surface area contributed by atoms with Crippen LogP contribution in [0, 0.1) is 27.4 Å². The number of non-ortho nitro benzene ring substituents is 1. The molecule has 6 nitrogen and oxygen atoms in total. The molecule has 0 atom stereocenters. The fourth-order valence-electron chi connectivity index (χ4n) is 2.70. The predicted molar refractivity (Wildman–Crippen MR) is 76.4 cm³/mol. The van der Waals surface area contributed by atoms with E-state index in [2.05, 4.69) is 11.0 Å². The molecule has 0 amide bonds. The van der Waals surface area contributed by atoms with Gasteiger partial charge in [0.25, 0.3) is 5.69 Å². The minimum Gasteiger partial charge on any atom is -0.370 e. The molecular formula is C14H18N4O2. The molecule has 1 aliphatic rings. The summed E-state index contributed by atoms with van der Waals surface area (Å²) in [4.78, 5) is 12.4. The van der Waals surface area contributed by atoms with Crippen molar-refractivity contribution in [1.82, 2.24) is 0 Å². The highest BCUT2D eigenvalue weighted by Gasteiger charge is 2.21. The first-order valence-corrected chi connectivity index (χ1v) is 6.79. The second kappa shape index (κ2) is 6.35. The molecular weight excluding hydrogens is 256 g/mol. The maximum absolute atomic E-state index is 10.7. The normalized spacial score (nSPS) is 15.9. The Morgan fingerprint density at radius 1 is 1.45 bits per heavy atom. The largest absolute Gasteiger partial charge is 0.370 e. The summed E-state index contributed by atoms with van der Waals surface area (Å²) < 4.78 is 0. The molecule has 6 heteroatoms. The summed E-state index contributed by atoms with van der Waals surface area (Å²) >= 11 is 0. The van der Waals surface area contributed by atoms with Crippen molar-refractivity contribution >= 4 is 11.4 Å². The summed E-state index contributed by atoms with van der Waals surface area (Å²) in [6.45, 7) is 2.46. The average Bonchev–Trinajstić information content (AvgIpc) is 2.47. The molecule has 0 radical (unpaired) electrons. The molecule has 1 saturated heterocycles. The average molecular weight is 274 g/mol. The van der Waals surface area contributed by atoms with E-state index in [1.54, 1.807) is 6.07 Å². The van der Waals surface area contributed by atoms with E-state index in [4.69, 9.17) is 5.73 Å². The predicted octanol–water partition coefficient (Wildman–Crippen LogP) is 2.03. The highest BCUT2D eigenvalue weighted by Crippen LogP contribution is 2.29. The topological polar surface area (TPSA) is 96.2 Å². The van der Waals surface area contributed by atoms with Gasteiger partial charge in [0.2, 0.25) is 0 Å². The highest BCUT2D eigenvalue weighted by atomic mass is 16.6. The number of nitrogens with zero attached hydrogens (tertiary/aromatic N) is 3. The summed E-state index contributed by atoms with van der Waals surface area (Å²) in [5, 5.41) is 19.9. The molecule has 0 unspecified atom stereocenters. The first-order valence-electron chi connectivity index (χ1n) is 6.79. The number of hydrogen-bond donors (Lipinski definition) is 1. The molecule has 0 bridgehead atoms. The number of benzene rings is 1. The molecule has 2 rings (SSSR count). The summed E-state index contributed by atoms with van der Waals surface area (Å²) in [6.07, 6.45) is 3.15. The van der Waals surface area contributed by atoms with Crippen LogP contribution in [-0.4, -0.2) is 24.6 Å². The molecule has 1 aromatic rings. The summed E-state index contributed by atoms with van der Waals surface area (Å²) in [5.41, 5.74) is 6.70. The summed E-state index contributed by atoms with van der Waals surface area (Å²) in [6, 6.07) is 6.55. The Balaban J connectivity index is 2.14. The van der Waals surface area contributed by atoms with Crippen LogP contribution in [-0.2, 0) is 0 Å². The first-order chi connectivity index (χ1) is 9.65. The Morgan fingerprint density at radius 3 is 2.70 bits per heavy atom. The monoisotopic (exact) mass is 274 g/mol. The van der Waals surface area contributed by atoms with Gasteiger partial charge in [0.15, 0.2) is 0 Å². The van der Waals surface area contributed by atoms with Crippen LogP contribution in [0.1, 0.15) is 24.8 Å². The smallest absolute Gasteiger partial charge is 0.270 e. The molecule has 1 fully saturated rings. The third-order valence-corrected chi connectivity index (χ3v) is 3.84. The number of anilines is 1. The van der Waals surface area contributed by atoms with Crippen molar-refractivity contribution in [2.45, 2.75) is 19.3 Å². The second-order valence-corrected chi connectivity index (χ2v) is 5.08. The van der Waals surface area contributed by atoms with Crippen molar-refractivity contribution in [3.63, 3.8) is 0 Å². The van der Waals surface area contributed by atoms with Gasteiger partial charge in [-0.3, -0.25) is 10.1 Å². The molecule has 2 N–H and O–H groups in total. The van der Waals surface area contributed by atoms with E-state index in [-0.39, 0.29) is 5.69 Å². The SMILES string of the molecule is N#Cc1cc([N+](=O)[O-])ccc1N1CCC(CCN)CC1. The van der Waals surface area contributed by atoms with Crippen molar-refractivity contribution in [3.8, 4) is 6.07 Å². The van der Waals surface area contributed by atoms with Crippen LogP contribution < -0.4 is 10.6 Å². The second-order valence-electron chi connectivity index (χ2n) is 5.08. The van der Waals surface area contributed by atoms with Crippen LogP contribution in [0.2, 0.25) is 0 Å². The van der Waals surface area contributed by atoms with Gasteiger partial charge in [-0.25, -0.2) is 0 Å². The van der Waals surface area contributed by atoms with Crippen molar-refractivity contribution in [3.05, 3.63) is 33.9 Å². The standard InChI is InChI=1S/C14H18N4O2/c15-6-3-11-4-7-17(8-5-11)14-2-1-13(18(19)20)9-12(14)10-16/h1-2,9,11H,3-8,15H2. The minimum atomic E-state index is -0.474. The zero-order valence-corrected chi connectivity index (χ0v) is 11.3. The van der Waals surface area contributed by atoms with Crippen molar-refractivity contribution in [2.75, 3.05) is 24.5 Å².